The molecule has 0 spiro atoms. The van der Waals surface area contributed by atoms with Gasteiger partial charge in [-0.3, -0.25) is 9.13 Å². The molecule has 2 aromatic heterocycles. The number of methoxy groups -OCH3 is 1. The van der Waals surface area contributed by atoms with E-state index in [2.05, 4.69) is 20.3 Å². The number of aromatic nitrogens is 5. The van der Waals surface area contributed by atoms with Gasteiger partial charge in [-0.25, -0.2) is 0 Å². The lowest BCUT2D eigenvalue weighted by Crippen LogP contribution is -2.35. The Hall–Kier alpha value is -2.03. The molecule has 3 aromatic rings. The number of hydrogen-bond donors (Lipinski definition) is 4. The normalized spacial score (nSPS) is 23.9. The molecular weight excluding hydrogens is 554 g/mol. The first-order valence-corrected chi connectivity index (χ1v) is 14.7. The maximum absolute atomic E-state index is 12.0. The number of ether oxygens (including phenoxy) is 2. The van der Waals surface area contributed by atoms with E-state index in [1.54, 1.807) is 7.05 Å². The Bertz CT molecular complexity index is 1340. The number of benzene rings is 1. The number of halogens is 1. The molecule has 4 rings (SSSR count). The van der Waals surface area contributed by atoms with Gasteiger partial charge in [0.15, 0.2) is 29.1 Å². The lowest BCUT2D eigenvalue weighted by molar-refractivity contribution is -0.0562. The Kier molecular flexibility index (Phi) is 8.31. The van der Waals surface area contributed by atoms with Gasteiger partial charge in [0.25, 0.3) is 0 Å². The van der Waals surface area contributed by atoms with Crippen molar-refractivity contribution in [3.63, 3.8) is 0 Å². The van der Waals surface area contributed by atoms with Gasteiger partial charge in [-0.1, -0.05) is 35.5 Å². The largest absolute Gasteiger partial charge is 0.385 e. The molecule has 1 saturated heterocycles. The van der Waals surface area contributed by atoms with Crippen LogP contribution in [0.5, 0.6) is 0 Å². The van der Waals surface area contributed by atoms with Crippen LogP contribution in [0.3, 0.4) is 0 Å². The first-order valence-electron chi connectivity index (χ1n) is 10.8. The van der Waals surface area contributed by atoms with Crippen LogP contribution in [0.4, 0.5) is 5.82 Å². The van der Waals surface area contributed by atoms with Gasteiger partial charge in [0.05, 0.1) is 6.61 Å². The molecule has 1 aromatic carbocycles. The molecule has 0 amide bonds. The second kappa shape index (κ2) is 11.0. The summed E-state index contributed by atoms with van der Waals surface area (Å²) in [6.07, 6.45) is -4.69. The maximum atomic E-state index is 12.0. The van der Waals surface area contributed by atoms with E-state index in [4.69, 9.17) is 35.4 Å². The van der Waals surface area contributed by atoms with Crippen molar-refractivity contribution >= 4 is 43.8 Å². The van der Waals surface area contributed by atoms with Crippen LogP contribution in [0.2, 0.25) is 5.28 Å². The summed E-state index contributed by atoms with van der Waals surface area (Å²) < 4.78 is 40.3. The molecule has 0 saturated carbocycles. The average Bonchev–Trinajstić information content (AvgIpc) is 3.36. The summed E-state index contributed by atoms with van der Waals surface area (Å²) in [4.78, 5) is 38.0. The zero-order valence-electron chi connectivity index (χ0n) is 19.6. The van der Waals surface area contributed by atoms with Crippen LogP contribution in [-0.4, -0.2) is 89.7 Å². The highest BCUT2D eigenvalue weighted by molar-refractivity contribution is 7.70. The molecule has 15 nitrogen and oxygen atoms in total. The highest BCUT2D eigenvalue weighted by atomic mass is 35.5. The minimum atomic E-state index is -4.81. The van der Waals surface area contributed by atoms with E-state index in [1.165, 1.54) is 11.8 Å². The van der Waals surface area contributed by atoms with Gasteiger partial charge in [-0.2, -0.15) is 14.6 Å². The molecule has 1 aliphatic heterocycles. The number of anilines is 1. The fourth-order valence-electron chi connectivity index (χ4n) is 3.97. The molecule has 5 atom stereocenters. The molecule has 18 heteroatoms. The zero-order valence-corrected chi connectivity index (χ0v) is 22.1. The molecule has 37 heavy (non-hydrogen) atoms. The molecule has 0 aliphatic carbocycles. The number of aliphatic hydroxyl groups is 1. The molecule has 0 radical (unpaired) electrons. The van der Waals surface area contributed by atoms with Crippen molar-refractivity contribution in [3.05, 3.63) is 41.2 Å². The lowest BCUT2D eigenvalue weighted by Gasteiger charge is -2.20. The van der Waals surface area contributed by atoms with Crippen LogP contribution in [0, 0.1) is 0 Å². The van der Waals surface area contributed by atoms with Crippen LogP contribution in [0.1, 0.15) is 11.8 Å². The minimum absolute atomic E-state index is 0.0970. The molecule has 202 valence electrons. The third-order valence-electron chi connectivity index (χ3n) is 5.53. The number of hydrogen-bond acceptors (Lipinski definition) is 11. The SMILES string of the molecule is CO[C@H]1[C@@H](O)[C@H](n2nnc3c(N(C)Cc4ccccc4)nc(Cl)nc32)O[C@@H]1COP(=O)(O)CP(=O)(O)O. The second-order valence-corrected chi connectivity index (χ2v) is 12.7. The molecule has 3 heterocycles. The predicted molar refractivity (Wildman–Crippen MR) is 130 cm³/mol. The Morgan fingerprint density at radius 3 is 2.54 bits per heavy atom. The number of fused-ring (bicyclic) bond motifs is 1. The van der Waals surface area contributed by atoms with Crippen molar-refractivity contribution in [2.24, 2.45) is 0 Å². The summed E-state index contributed by atoms with van der Waals surface area (Å²) >= 11 is 6.19. The molecular formula is C19H25ClN6O9P2. The molecule has 0 bridgehead atoms. The van der Waals surface area contributed by atoms with E-state index >= 15 is 0 Å². The highest BCUT2D eigenvalue weighted by Gasteiger charge is 2.47. The van der Waals surface area contributed by atoms with Gasteiger partial charge in [0.2, 0.25) is 5.28 Å². The Morgan fingerprint density at radius 2 is 1.89 bits per heavy atom. The highest BCUT2D eigenvalue weighted by Crippen LogP contribution is 2.55. The van der Waals surface area contributed by atoms with Crippen LogP contribution in [0.15, 0.2) is 30.3 Å². The number of rotatable bonds is 10. The van der Waals surface area contributed by atoms with Crippen molar-refractivity contribution in [2.75, 3.05) is 31.6 Å². The van der Waals surface area contributed by atoms with Crippen molar-refractivity contribution < 1.29 is 42.9 Å². The summed E-state index contributed by atoms with van der Waals surface area (Å²) in [5.74, 6) is -0.974. The fraction of sp³-hybridized carbons (Fsp3) is 0.474. The summed E-state index contributed by atoms with van der Waals surface area (Å²) in [6.45, 7) is -0.118. The van der Waals surface area contributed by atoms with Gasteiger partial charge in [-0.05, 0) is 17.2 Å². The topological polar surface area (TPSA) is 202 Å². The third kappa shape index (κ3) is 6.52. The van der Waals surface area contributed by atoms with Crippen molar-refractivity contribution in [3.8, 4) is 0 Å². The Balaban J connectivity index is 1.58. The van der Waals surface area contributed by atoms with Crippen LogP contribution >= 0.6 is 26.8 Å². The van der Waals surface area contributed by atoms with Gasteiger partial charge in [0.1, 0.15) is 18.3 Å². The van der Waals surface area contributed by atoms with E-state index in [-0.39, 0.29) is 16.4 Å². The van der Waals surface area contributed by atoms with Gasteiger partial charge >= 0.3 is 15.2 Å². The summed E-state index contributed by atoms with van der Waals surface area (Å²) in [5.41, 5.74) is 1.46. The summed E-state index contributed by atoms with van der Waals surface area (Å²) in [5, 5.41) is 19.0. The van der Waals surface area contributed by atoms with E-state index in [0.717, 1.165) is 5.56 Å². The van der Waals surface area contributed by atoms with Crippen LogP contribution in [0.25, 0.3) is 11.2 Å². The first-order chi connectivity index (χ1) is 17.4. The maximum Gasteiger partial charge on any atom is 0.340 e. The quantitative estimate of drug-likeness (QED) is 0.197. The lowest BCUT2D eigenvalue weighted by atomic mass is 10.1. The van der Waals surface area contributed by atoms with E-state index in [1.807, 2.05) is 35.2 Å². The second-order valence-electron chi connectivity index (χ2n) is 8.36. The fourth-order valence-corrected chi connectivity index (χ4v) is 6.70. The summed E-state index contributed by atoms with van der Waals surface area (Å²) in [7, 11) is -6.39. The molecule has 1 aliphatic rings. The Morgan fingerprint density at radius 1 is 1.19 bits per heavy atom. The van der Waals surface area contributed by atoms with E-state index in [9.17, 15) is 19.1 Å². The molecule has 1 fully saturated rings. The van der Waals surface area contributed by atoms with Crippen molar-refractivity contribution in [2.45, 2.75) is 31.1 Å². The van der Waals surface area contributed by atoms with Gasteiger partial charge in [0, 0.05) is 20.7 Å². The first kappa shape index (κ1) is 28.0. The molecule has 4 N–H and O–H groups in total. The third-order valence-corrected chi connectivity index (χ3v) is 9.15. The monoisotopic (exact) mass is 578 g/mol. The smallest absolute Gasteiger partial charge is 0.340 e. The minimum Gasteiger partial charge on any atom is -0.385 e. The number of nitrogens with zero attached hydrogens (tertiary/aromatic N) is 6. The van der Waals surface area contributed by atoms with Gasteiger partial charge in [-0.15, -0.1) is 5.10 Å². The zero-order chi connectivity index (χ0) is 27.0. The van der Waals surface area contributed by atoms with Crippen LogP contribution < -0.4 is 4.90 Å². The Labute approximate surface area is 215 Å². The van der Waals surface area contributed by atoms with Crippen molar-refractivity contribution in [1.82, 2.24) is 25.0 Å². The number of aliphatic hydroxyl groups excluding tert-OH is 1. The molecule has 1 unspecified atom stereocenters. The average molecular weight is 579 g/mol. The summed E-state index contributed by atoms with van der Waals surface area (Å²) in [6, 6.07) is 9.64. The van der Waals surface area contributed by atoms with Crippen molar-refractivity contribution in [1.29, 1.82) is 0 Å². The van der Waals surface area contributed by atoms with Crippen LogP contribution in [-0.2, 0) is 29.7 Å². The van der Waals surface area contributed by atoms with Gasteiger partial charge < -0.3 is 38.7 Å². The van der Waals surface area contributed by atoms with E-state index < -0.39 is 52.2 Å². The van der Waals surface area contributed by atoms with E-state index in [0.29, 0.717) is 12.4 Å². The standard InChI is InChI=1S/C19H25ClN6O9P2/c1-25(8-11-6-4-3-5-7-11)16-13-17(22-19(20)21-16)26(24-23-13)18-14(27)15(33-2)12(35-18)9-34-37(31,32)10-36(28,29)30/h3-7,12,14-15,18,27H,8-10H2,1-2H3,(H,31,32)(H2,28,29,30)/t12-,14-,15-,18-/m1/s1. The predicted octanol–water partition coefficient (Wildman–Crippen LogP) is 1.12.